The van der Waals surface area contributed by atoms with Crippen LogP contribution in [0.3, 0.4) is 0 Å². The standard InChI is InChI=1S/C16H22O10S/c1-7(17)22-6-12-13(23-8(2)18)14(24-9(3)19)15(25-10(4)20)16(26-12)27-11(5)21/h12-16H,6H2,1-5H3/t12?,13-,14+,15?,16+/m1/s1. The Morgan fingerprint density at radius 3 is 1.67 bits per heavy atom. The minimum Gasteiger partial charge on any atom is -0.463 e. The molecule has 1 aliphatic heterocycles. The summed E-state index contributed by atoms with van der Waals surface area (Å²) in [5.41, 5.74) is -1.07. The van der Waals surface area contributed by atoms with Crippen molar-refractivity contribution in [3.63, 3.8) is 0 Å². The molecule has 152 valence electrons. The van der Waals surface area contributed by atoms with Gasteiger partial charge in [-0.25, -0.2) is 0 Å². The predicted octanol–water partition coefficient (Wildman–Crippen LogP) is 0.349. The van der Waals surface area contributed by atoms with Crippen LogP contribution in [-0.4, -0.2) is 65.5 Å². The normalized spacial score (nSPS) is 27.2. The largest absolute Gasteiger partial charge is 0.463 e. The molecule has 0 spiro atoms. The highest BCUT2D eigenvalue weighted by Gasteiger charge is 2.52. The van der Waals surface area contributed by atoms with Crippen molar-refractivity contribution in [1.82, 2.24) is 0 Å². The summed E-state index contributed by atoms with van der Waals surface area (Å²) in [6.45, 7) is 5.51. The van der Waals surface area contributed by atoms with E-state index in [-0.39, 0.29) is 11.7 Å². The molecule has 1 aliphatic rings. The number of rotatable bonds is 6. The van der Waals surface area contributed by atoms with Crippen LogP contribution in [0.4, 0.5) is 0 Å². The van der Waals surface area contributed by atoms with Crippen molar-refractivity contribution in [2.45, 2.75) is 64.5 Å². The van der Waals surface area contributed by atoms with Gasteiger partial charge in [0.05, 0.1) is 0 Å². The highest BCUT2D eigenvalue weighted by Crippen LogP contribution is 2.34. The summed E-state index contributed by atoms with van der Waals surface area (Å²) in [5.74, 6) is -2.76. The van der Waals surface area contributed by atoms with Crippen molar-refractivity contribution in [2.24, 2.45) is 0 Å². The molecule has 1 fully saturated rings. The third-order valence-electron chi connectivity index (χ3n) is 3.23. The van der Waals surface area contributed by atoms with Crippen LogP contribution in [0.25, 0.3) is 0 Å². The average molecular weight is 406 g/mol. The molecule has 0 N–H and O–H groups in total. The van der Waals surface area contributed by atoms with E-state index in [1.807, 2.05) is 0 Å². The first kappa shape index (κ1) is 22.9. The Bertz CT molecular complexity index is 604. The number of hydrogen-bond donors (Lipinski definition) is 0. The Labute approximate surface area is 160 Å². The van der Waals surface area contributed by atoms with Gasteiger partial charge in [0.25, 0.3) is 0 Å². The second-order valence-electron chi connectivity index (χ2n) is 5.68. The van der Waals surface area contributed by atoms with Crippen LogP contribution >= 0.6 is 11.8 Å². The molecule has 0 radical (unpaired) electrons. The zero-order chi connectivity index (χ0) is 20.7. The lowest BCUT2D eigenvalue weighted by molar-refractivity contribution is -0.237. The van der Waals surface area contributed by atoms with E-state index in [9.17, 15) is 24.0 Å². The van der Waals surface area contributed by atoms with Crippen LogP contribution in [0.1, 0.15) is 34.6 Å². The second kappa shape index (κ2) is 10.3. The van der Waals surface area contributed by atoms with Gasteiger partial charge >= 0.3 is 23.9 Å². The lowest BCUT2D eigenvalue weighted by Gasteiger charge is -2.43. The molecule has 0 aromatic rings. The van der Waals surface area contributed by atoms with E-state index in [1.54, 1.807) is 0 Å². The monoisotopic (exact) mass is 406 g/mol. The van der Waals surface area contributed by atoms with Crippen LogP contribution in [-0.2, 0) is 47.7 Å². The quantitative estimate of drug-likeness (QED) is 0.447. The van der Waals surface area contributed by atoms with Crippen LogP contribution in [0, 0.1) is 0 Å². The molecule has 0 amide bonds. The minimum absolute atomic E-state index is 0.327. The van der Waals surface area contributed by atoms with E-state index in [0.29, 0.717) is 11.8 Å². The molecule has 0 aromatic carbocycles. The summed E-state index contributed by atoms with van der Waals surface area (Å²) in [4.78, 5) is 57.3. The van der Waals surface area contributed by atoms with Gasteiger partial charge in [0, 0.05) is 34.6 Å². The topological polar surface area (TPSA) is 132 Å². The molecule has 27 heavy (non-hydrogen) atoms. The van der Waals surface area contributed by atoms with Crippen LogP contribution in [0.5, 0.6) is 0 Å². The summed E-state index contributed by atoms with van der Waals surface area (Å²) in [6, 6.07) is 0. The third kappa shape index (κ3) is 7.55. The first-order chi connectivity index (χ1) is 12.5. The van der Waals surface area contributed by atoms with E-state index in [1.165, 1.54) is 13.8 Å². The zero-order valence-electron chi connectivity index (χ0n) is 15.6. The van der Waals surface area contributed by atoms with Crippen LogP contribution in [0.15, 0.2) is 0 Å². The van der Waals surface area contributed by atoms with Gasteiger partial charge in [-0.1, -0.05) is 11.8 Å². The number of carbonyl (C=O) groups excluding carboxylic acids is 5. The van der Waals surface area contributed by atoms with Crippen molar-refractivity contribution >= 4 is 40.8 Å². The Balaban J connectivity index is 3.29. The zero-order valence-corrected chi connectivity index (χ0v) is 16.4. The highest BCUT2D eigenvalue weighted by molar-refractivity contribution is 8.14. The molecule has 1 saturated heterocycles. The first-order valence-corrected chi connectivity index (χ1v) is 8.87. The van der Waals surface area contributed by atoms with E-state index >= 15 is 0 Å². The fourth-order valence-electron chi connectivity index (χ4n) is 2.45. The molecular formula is C16H22O10S. The maximum Gasteiger partial charge on any atom is 0.303 e. The van der Waals surface area contributed by atoms with E-state index in [2.05, 4.69) is 0 Å². The summed E-state index contributed by atoms with van der Waals surface area (Å²) in [7, 11) is 0. The lowest BCUT2D eigenvalue weighted by Crippen LogP contribution is -2.61. The SMILES string of the molecule is CC(=O)OCC1O[C@@H](SC(C)=O)C(OC(C)=O)[C@@H](OC(C)=O)[C@@H]1OC(C)=O. The Hall–Kier alpha value is -2.14. The van der Waals surface area contributed by atoms with Gasteiger partial charge in [-0.3, -0.25) is 24.0 Å². The third-order valence-corrected chi connectivity index (χ3v) is 4.17. The summed E-state index contributed by atoms with van der Waals surface area (Å²) in [5, 5.41) is -0.351. The minimum atomic E-state index is -1.26. The number of carbonyl (C=O) groups is 5. The van der Waals surface area contributed by atoms with Crippen molar-refractivity contribution in [3.05, 3.63) is 0 Å². The van der Waals surface area contributed by atoms with Crippen molar-refractivity contribution in [2.75, 3.05) is 6.61 Å². The maximum absolute atomic E-state index is 11.6. The van der Waals surface area contributed by atoms with Gasteiger partial charge in [0.15, 0.2) is 28.9 Å². The molecule has 1 rings (SSSR count). The Kier molecular flexibility index (Phi) is 8.70. The molecular weight excluding hydrogens is 384 g/mol. The van der Waals surface area contributed by atoms with E-state index in [0.717, 1.165) is 20.8 Å². The number of ether oxygens (including phenoxy) is 5. The number of thioether (sulfide) groups is 1. The lowest BCUT2D eigenvalue weighted by atomic mass is 9.99. The average Bonchev–Trinajstić information content (AvgIpc) is 2.49. The molecule has 10 nitrogen and oxygen atoms in total. The molecule has 2 unspecified atom stereocenters. The van der Waals surface area contributed by atoms with E-state index < -0.39 is 53.7 Å². The summed E-state index contributed by atoms with van der Waals surface area (Å²) < 4.78 is 26.2. The molecule has 0 saturated carbocycles. The smallest absolute Gasteiger partial charge is 0.303 e. The molecule has 0 bridgehead atoms. The Morgan fingerprint density at radius 1 is 0.741 bits per heavy atom. The van der Waals surface area contributed by atoms with Gasteiger partial charge in [0.1, 0.15) is 12.7 Å². The molecule has 0 aliphatic carbocycles. The van der Waals surface area contributed by atoms with Gasteiger partial charge in [-0.2, -0.15) is 0 Å². The van der Waals surface area contributed by atoms with Crippen molar-refractivity contribution < 1.29 is 47.7 Å². The fraction of sp³-hybridized carbons (Fsp3) is 0.688. The molecule has 1 heterocycles. The first-order valence-electron chi connectivity index (χ1n) is 7.99. The number of esters is 4. The molecule has 0 aromatic heterocycles. The Morgan fingerprint density at radius 2 is 1.22 bits per heavy atom. The van der Waals surface area contributed by atoms with Crippen molar-refractivity contribution in [3.8, 4) is 0 Å². The van der Waals surface area contributed by atoms with Gasteiger partial charge in [-0.05, 0) is 0 Å². The van der Waals surface area contributed by atoms with Gasteiger partial charge < -0.3 is 23.7 Å². The summed E-state index contributed by atoms with van der Waals surface area (Å²) >= 11 is 0.705. The van der Waals surface area contributed by atoms with E-state index in [4.69, 9.17) is 23.7 Å². The fourth-order valence-corrected chi connectivity index (χ4v) is 3.32. The second-order valence-corrected chi connectivity index (χ2v) is 6.95. The predicted molar refractivity (Wildman–Crippen MR) is 90.2 cm³/mol. The molecule has 5 atom stereocenters. The summed E-state index contributed by atoms with van der Waals surface area (Å²) in [6.07, 6.45) is -4.76. The highest BCUT2D eigenvalue weighted by atomic mass is 32.2. The maximum atomic E-state index is 11.6. The molecule has 11 heteroatoms. The van der Waals surface area contributed by atoms with Crippen molar-refractivity contribution in [1.29, 1.82) is 0 Å². The number of hydrogen-bond acceptors (Lipinski definition) is 11. The van der Waals surface area contributed by atoms with Crippen LogP contribution < -0.4 is 0 Å². The van der Waals surface area contributed by atoms with Gasteiger partial charge in [-0.15, -0.1) is 0 Å². The van der Waals surface area contributed by atoms with Gasteiger partial charge in [0.2, 0.25) is 0 Å². The van der Waals surface area contributed by atoms with Crippen LogP contribution in [0.2, 0.25) is 0 Å².